The molecule has 1 amide bonds. The number of anilines is 1. The first-order valence-corrected chi connectivity index (χ1v) is 21.5. The fraction of sp³-hybridized carbons (Fsp3) is 0.609. The van der Waals surface area contributed by atoms with E-state index in [1.807, 2.05) is 0 Å². The number of esters is 1. The highest BCUT2D eigenvalue weighted by molar-refractivity contribution is 6.08. The number of aliphatic hydroxyl groups is 2. The highest BCUT2D eigenvalue weighted by atomic mass is 16.7. The number of benzene rings is 2. The number of rotatable bonds is 5. The number of nitroso groups, excluding NO2 is 1. The van der Waals surface area contributed by atoms with E-state index in [0.29, 0.717) is 31.8 Å². The summed E-state index contributed by atoms with van der Waals surface area (Å²) in [5, 5.41) is 54.0. The summed E-state index contributed by atoms with van der Waals surface area (Å²) < 4.78 is 24.3. The number of amides is 1. The van der Waals surface area contributed by atoms with Crippen LogP contribution in [0.5, 0.6) is 17.2 Å². The molecule has 0 aliphatic carbocycles. The number of ether oxygens (including phenoxy) is 4. The first-order valence-electron chi connectivity index (χ1n) is 21.5. The number of aromatic hydroxyl groups is 2. The van der Waals surface area contributed by atoms with E-state index < -0.39 is 83.2 Å². The second-order valence-corrected chi connectivity index (χ2v) is 18.2. The number of hydrogen-bond donors (Lipinski definition) is 5. The Hall–Kier alpha value is -4.90. The summed E-state index contributed by atoms with van der Waals surface area (Å²) in [4.78, 5) is 52.2. The third kappa shape index (κ3) is 8.58. The van der Waals surface area contributed by atoms with Gasteiger partial charge in [0.15, 0.2) is 17.5 Å². The zero-order valence-corrected chi connectivity index (χ0v) is 37.6. The zero-order chi connectivity index (χ0) is 45.6. The van der Waals surface area contributed by atoms with E-state index in [4.69, 9.17) is 28.9 Å². The van der Waals surface area contributed by atoms with Crippen molar-refractivity contribution in [1.29, 1.82) is 0 Å². The van der Waals surface area contributed by atoms with Crippen molar-refractivity contribution in [2.45, 2.75) is 124 Å². The molecule has 5 N–H and O–H groups in total. The molecule has 10 atom stereocenters. The molecule has 1 fully saturated rings. The Morgan fingerprint density at radius 2 is 1.66 bits per heavy atom. The second-order valence-electron chi connectivity index (χ2n) is 18.2. The predicted molar refractivity (Wildman–Crippen MR) is 232 cm³/mol. The summed E-state index contributed by atoms with van der Waals surface area (Å²) in [6.07, 6.45) is 5.10. The van der Waals surface area contributed by atoms with E-state index >= 15 is 0 Å². The second kappa shape index (κ2) is 18.1. The van der Waals surface area contributed by atoms with Gasteiger partial charge in [0.25, 0.3) is 11.7 Å². The summed E-state index contributed by atoms with van der Waals surface area (Å²) in [6, 6.07) is -1.37. The molecule has 0 aromatic heterocycles. The van der Waals surface area contributed by atoms with Crippen LogP contribution in [-0.4, -0.2) is 99.8 Å². The molecule has 4 aliphatic rings. The highest BCUT2D eigenvalue weighted by Gasteiger charge is 2.52. The molecule has 16 heteroatoms. The van der Waals surface area contributed by atoms with E-state index in [2.05, 4.69) is 29.2 Å². The van der Waals surface area contributed by atoms with Crippen molar-refractivity contribution in [1.82, 2.24) is 4.90 Å². The standard InChI is InChI=1S/C46H63N5O11/c1-22(2)21-51-18-16-46(17-19-51)48-34-31-32-39(55)28(8)42-33(31)43(50-58)45(10,62-42)60-20-15-30(59-11)25(5)41(61-29(9)52)27(7)38(54)26(6)37(53)23(3)13-12-14-24(4)44(57)47-36(40(32)56)35(34)49-46/h12-15,20,22-23,25-27,30,37-38,41,43,53-56H,16-19,21H2,1-11H3,(H,47,57)/t23-,25+,26+,27+,30-,37-,38+,41+,43?,45-/m0/s1. The maximum Gasteiger partial charge on any atom is 0.302 e. The van der Waals surface area contributed by atoms with Crippen LogP contribution in [0.4, 0.5) is 5.69 Å². The third-order valence-electron chi connectivity index (χ3n) is 13.2. The Bertz CT molecular complexity index is 2300. The van der Waals surface area contributed by atoms with Crippen LogP contribution in [0, 0.1) is 41.4 Å². The van der Waals surface area contributed by atoms with Crippen LogP contribution in [0.15, 0.2) is 51.3 Å². The molecule has 1 spiro atoms. The number of methoxy groups -OCH3 is 1. The number of likely N-dealkylation sites (tertiary alicyclic amines) is 1. The molecule has 338 valence electrons. The Kier molecular flexibility index (Phi) is 13.6. The van der Waals surface area contributed by atoms with Crippen molar-refractivity contribution in [2.24, 2.45) is 44.8 Å². The maximum absolute atomic E-state index is 13.9. The number of aliphatic hydroxyl groups excluding tert-OH is 2. The Balaban J connectivity index is 1.56. The first kappa shape index (κ1) is 46.6. The number of carbonyl (C=O) groups is 2. The van der Waals surface area contributed by atoms with Gasteiger partial charge in [-0.15, -0.1) is 4.91 Å². The molecule has 1 saturated heterocycles. The maximum atomic E-state index is 13.9. The number of nitrogens with one attached hydrogen (secondary N) is 1. The van der Waals surface area contributed by atoms with E-state index in [1.165, 1.54) is 27.2 Å². The van der Waals surface area contributed by atoms with Crippen LogP contribution in [0.1, 0.15) is 92.3 Å². The molecule has 6 rings (SSSR count). The van der Waals surface area contributed by atoms with Gasteiger partial charge in [0.2, 0.25) is 0 Å². The summed E-state index contributed by atoms with van der Waals surface area (Å²) in [5.74, 6) is -5.57. The van der Waals surface area contributed by atoms with Crippen LogP contribution >= 0.6 is 0 Å². The predicted octanol–water partition coefficient (Wildman–Crippen LogP) is 5.37. The van der Waals surface area contributed by atoms with Crippen molar-refractivity contribution < 1.29 is 49.0 Å². The summed E-state index contributed by atoms with van der Waals surface area (Å²) in [7, 11) is 1.47. The smallest absolute Gasteiger partial charge is 0.302 e. The quantitative estimate of drug-likeness (QED) is 0.145. The minimum absolute atomic E-state index is 0.0486. The van der Waals surface area contributed by atoms with Crippen LogP contribution < -0.4 is 20.8 Å². The number of allylic oxidation sites excluding steroid dienone is 2. The average Bonchev–Trinajstić information content (AvgIpc) is 3.75. The van der Waals surface area contributed by atoms with Crippen molar-refractivity contribution >= 4 is 28.3 Å². The van der Waals surface area contributed by atoms with Gasteiger partial charge in [-0.3, -0.25) is 19.6 Å². The number of phenols is 2. The molecular weight excluding hydrogens is 799 g/mol. The lowest BCUT2D eigenvalue weighted by Gasteiger charge is -2.38. The molecular formula is C46H63N5O11. The number of piperidine rings is 1. The van der Waals surface area contributed by atoms with Gasteiger partial charge in [-0.25, -0.2) is 0 Å². The van der Waals surface area contributed by atoms with Gasteiger partial charge in [-0.2, -0.15) is 0 Å². The SMILES string of the molecule is CO[C@H]1C=CO[C@@]2(C)Oc3c(C)c(O)c4c(O)c(c5c(c4c3C2N=O)=NC2(CCN(CC(C)C)CC2)N=5)NC(=O)C(C)=CC=C[C@H](C)[C@H](O)[C@@H](C)[C@@H](O)[C@@H](C)[C@H](OC(C)=O)[C@@H]1C. The van der Waals surface area contributed by atoms with Gasteiger partial charge in [0, 0.05) is 99.2 Å². The van der Waals surface area contributed by atoms with E-state index in [9.17, 15) is 34.9 Å². The van der Waals surface area contributed by atoms with Gasteiger partial charge >= 0.3 is 5.97 Å². The van der Waals surface area contributed by atoms with Crippen molar-refractivity contribution in [2.75, 3.05) is 32.1 Å². The monoisotopic (exact) mass is 861 g/mol. The Labute approximate surface area is 362 Å². The average molecular weight is 862 g/mol. The highest BCUT2D eigenvalue weighted by Crippen LogP contribution is 2.55. The van der Waals surface area contributed by atoms with Gasteiger partial charge in [0.05, 0.1) is 35.3 Å². The Morgan fingerprint density at radius 1 is 1.00 bits per heavy atom. The molecule has 62 heavy (non-hydrogen) atoms. The lowest BCUT2D eigenvalue weighted by molar-refractivity contribution is -0.160. The molecule has 2 aromatic carbocycles. The largest absolute Gasteiger partial charge is 0.507 e. The molecule has 2 aromatic rings. The van der Waals surface area contributed by atoms with E-state index in [-0.39, 0.29) is 55.4 Å². The number of nitrogens with zero attached hydrogens (tertiary/aromatic N) is 4. The van der Waals surface area contributed by atoms with Crippen molar-refractivity contribution in [3.05, 3.63) is 62.9 Å². The summed E-state index contributed by atoms with van der Waals surface area (Å²) >= 11 is 0. The summed E-state index contributed by atoms with van der Waals surface area (Å²) in [5.41, 5.74) is -0.336. The lowest BCUT2D eigenvalue weighted by atomic mass is 9.78. The topological polar surface area (TPSA) is 221 Å². The van der Waals surface area contributed by atoms with Gasteiger partial charge in [-0.1, -0.05) is 64.9 Å². The van der Waals surface area contributed by atoms with Crippen LogP contribution in [-0.2, 0) is 23.8 Å². The number of phenolic OH excluding ortho intramolecular Hbond substituents is 2. The molecule has 4 heterocycles. The number of hydrogen-bond acceptors (Lipinski definition) is 15. The van der Waals surface area contributed by atoms with Crippen LogP contribution in [0.2, 0.25) is 0 Å². The van der Waals surface area contributed by atoms with Gasteiger partial charge in [0.1, 0.15) is 28.6 Å². The third-order valence-corrected chi connectivity index (χ3v) is 13.2. The molecule has 4 bridgehead atoms. The molecule has 16 nitrogen and oxygen atoms in total. The van der Waals surface area contributed by atoms with Crippen molar-refractivity contribution in [3.8, 4) is 17.2 Å². The fourth-order valence-corrected chi connectivity index (χ4v) is 9.50. The normalized spacial score (nSPS) is 31.5. The molecule has 1 unspecified atom stereocenters. The van der Waals surface area contributed by atoms with Gasteiger partial charge < -0.3 is 49.6 Å². The fourth-order valence-electron chi connectivity index (χ4n) is 9.50. The number of fused-ring (bicyclic) bond motifs is 1. The van der Waals surface area contributed by atoms with Crippen LogP contribution in [0.3, 0.4) is 0 Å². The van der Waals surface area contributed by atoms with Gasteiger partial charge in [-0.05, 0) is 25.8 Å². The Morgan fingerprint density at radius 3 is 2.27 bits per heavy atom. The van der Waals surface area contributed by atoms with E-state index in [1.54, 1.807) is 65.8 Å². The number of carbonyl (C=O) groups excluding carboxylic acids is 2. The lowest BCUT2D eigenvalue weighted by Crippen LogP contribution is -2.46. The first-order chi connectivity index (χ1) is 29.2. The van der Waals surface area contributed by atoms with Crippen LogP contribution in [0.25, 0.3) is 10.8 Å². The molecule has 0 radical (unpaired) electrons. The molecule has 4 aliphatic heterocycles. The summed E-state index contributed by atoms with van der Waals surface area (Å²) in [6.45, 7) is 19.6. The molecule has 0 saturated carbocycles. The van der Waals surface area contributed by atoms with Crippen molar-refractivity contribution in [3.63, 3.8) is 0 Å². The zero-order valence-electron chi connectivity index (χ0n) is 37.6. The minimum Gasteiger partial charge on any atom is -0.507 e. The minimum atomic E-state index is -1.79. The van der Waals surface area contributed by atoms with E-state index in [0.717, 1.165) is 6.54 Å².